The monoisotopic (exact) mass is 206 g/mol. The van der Waals surface area contributed by atoms with Crippen LogP contribution in [0.5, 0.6) is 0 Å². The number of carboxylic acid groups (broad SMARTS) is 1. The van der Waals surface area contributed by atoms with Gasteiger partial charge in [-0.15, -0.1) is 0 Å². The van der Waals surface area contributed by atoms with Crippen molar-refractivity contribution in [1.29, 1.82) is 0 Å². The van der Waals surface area contributed by atoms with Gasteiger partial charge in [-0.25, -0.2) is 4.79 Å². The average molecular weight is 206 g/mol. The molecule has 0 aliphatic heterocycles. The van der Waals surface area contributed by atoms with Crippen molar-refractivity contribution in [2.45, 2.75) is 6.54 Å². The van der Waals surface area contributed by atoms with Gasteiger partial charge in [-0.3, -0.25) is 0 Å². The first-order valence-electron chi connectivity index (χ1n) is 4.23. The maximum atomic E-state index is 10.4. The van der Waals surface area contributed by atoms with E-state index >= 15 is 0 Å². The van der Waals surface area contributed by atoms with Crippen LogP contribution in [0.1, 0.15) is 0 Å². The molecule has 1 N–H and O–H groups in total. The topological polar surface area (TPSA) is 80.1 Å². The van der Waals surface area contributed by atoms with Crippen molar-refractivity contribution in [3.05, 3.63) is 30.9 Å². The van der Waals surface area contributed by atoms with Crippen LogP contribution in [0.3, 0.4) is 0 Å². The molecule has 0 atom stereocenters. The van der Waals surface area contributed by atoms with Gasteiger partial charge in [0.2, 0.25) is 6.54 Å². The number of hydrogen-bond donors (Lipinski definition) is 1. The highest BCUT2D eigenvalue weighted by Crippen LogP contribution is 2.12. The van der Waals surface area contributed by atoms with Crippen molar-refractivity contribution in [1.82, 2.24) is 10.1 Å². The van der Waals surface area contributed by atoms with E-state index in [4.69, 9.17) is 9.63 Å². The van der Waals surface area contributed by atoms with Crippen LogP contribution in [-0.2, 0) is 11.3 Å². The second kappa shape index (κ2) is 3.87. The number of hydrogen-bond acceptors (Lipinski definition) is 4. The smallest absolute Gasteiger partial charge is 0.370 e. The fraction of sp³-hybridized carbons (Fsp3) is 0.111. The van der Waals surface area contributed by atoms with Crippen molar-refractivity contribution in [2.24, 2.45) is 0 Å². The van der Waals surface area contributed by atoms with Crippen LogP contribution < -0.4 is 4.57 Å². The molecule has 0 aromatic carbocycles. The molecule has 0 radical (unpaired) electrons. The molecule has 15 heavy (non-hydrogen) atoms. The summed E-state index contributed by atoms with van der Waals surface area (Å²) in [4.78, 5) is 14.3. The van der Waals surface area contributed by atoms with Gasteiger partial charge < -0.3 is 9.63 Å². The molecule has 2 rings (SSSR count). The van der Waals surface area contributed by atoms with E-state index < -0.39 is 5.97 Å². The van der Waals surface area contributed by atoms with Crippen molar-refractivity contribution in [2.75, 3.05) is 0 Å². The van der Waals surface area contributed by atoms with E-state index in [1.165, 1.54) is 6.33 Å². The molecule has 0 unspecified atom stereocenters. The molecule has 0 fully saturated rings. The number of carboxylic acids is 1. The SMILES string of the molecule is O=C(O)C[n+]1ccc(-c2ncno2)cc1. The lowest BCUT2D eigenvalue weighted by molar-refractivity contribution is -0.685. The quantitative estimate of drug-likeness (QED) is 0.721. The molecule has 0 spiro atoms. The summed E-state index contributed by atoms with van der Waals surface area (Å²) in [6.07, 6.45) is 4.61. The summed E-state index contributed by atoms with van der Waals surface area (Å²) in [5.41, 5.74) is 0.758. The molecule has 2 aromatic rings. The molecule has 0 aliphatic carbocycles. The molecular weight excluding hydrogens is 198 g/mol. The number of nitrogens with zero attached hydrogens (tertiary/aromatic N) is 3. The normalized spacial score (nSPS) is 10.1. The summed E-state index contributed by atoms with van der Waals surface area (Å²) in [5, 5.41) is 12.0. The Kier molecular flexibility index (Phi) is 2.40. The molecule has 2 aromatic heterocycles. The summed E-state index contributed by atoms with van der Waals surface area (Å²) >= 11 is 0. The Balaban J connectivity index is 2.21. The number of aliphatic carboxylic acids is 1. The maximum absolute atomic E-state index is 10.4. The van der Waals surface area contributed by atoms with Crippen molar-refractivity contribution in [3.8, 4) is 11.5 Å². The number of carbonyl (C=O) groups is 1. The minimum atomic E-state index is -0.884. The predicted octanol–water partition coefficient (Wildman–Crippen LogP) is 0.109. The van der Waals surface area contributed by atoms with Gasteiger partial charge in [0.1, 0.15) is 0 Å². The standard InChI is InChI=1S/C9H7N3O3/c13-8(14)5-12-3-1-7(2-4-12)9-10-6-11-15-9/h1-4,6H,5H2/p+1. The zero-order valence-electron chi connectivity index (χ0n) is 7.70. The van der Waals surface area contributed by atoms with Gasteiger partial charge in [0.05, 0.1) is 5.56 Å². The lowest BCUT2D eigenvalue weighted by atomic mass is 10.3. The van der Waals surface area contributed by atoms with Gasteiger partial charge in [-0.05, 0) is 0 Å². The summed E-state index contributed by atoms with van der Waals surface area (Å²) in [6, 6.07) is 3.44. The maximum Gasteiger partial charge on any atom is 0.370 e. The van der Waals surface area contributed by atoms with Gasteiger partial charge >= 0.3 is 5.97 Å². The first kappa shape index (κ1) is 9.32. The first-order valence-corrected chi connectivity index (χ1v) is 4.23. The van der Waals surface area contributed by atoms with Crippen LogP contribution in [-0.4, -0.2) is 21.2 Å². The average Bonchev–Trinajstić information content (AvgIpc) is 2.71. The van der Waals surface area contributed by atoms with Crippen LogP contribution in [0.4, 0.5) is 0 Å². The van der Waals surface area contributed by atoms with Crippen molar-refractivity contribution >= 4 is 5.97 Å². The number of rotatable bonds is 3. The summed E-state index contributed by atoms with van der Waals surface area (Å²) < 4.78 is 6.40. The Labute approximate surface area is 84.8 Å². The van der Waals surface area contributed by atoms with Crippen LogP contribution >= 0.6 is 0 Å². The fourth-order valence-electron chi connectivity index (χ4n) is 1.16. The van der Waals surface area contributed by atoms with Crippen molar-refractivity contribution < 1.29 is 19.0 Å². The molecule has 76 valence electrons. The largest absolute Gasteiger partial charge is 0.477 e. The minimum Gasteiger partial charge on any atom is -0.477 e. The van der Waals surface area contributed by atoms with E-state index in [0.717, 1.165) is 5.56 Å². The van der Waals surface area contributed by atoms with E-state index in [-0.39, 0.29) is 6.54 Å². The molecule has 0 saturated carbocycles. The van der Waals surface area contributed by atoms with Crippen LogP contribution in [0.2, 0.25) is 0 Å². The van der Waals surface area contributed by atoms with Gasteiger partial charge in [0.15, 0.2) is 18.7 Å². The van der Waals surface area contributed by atoms with Gasteiger partial charge in [0, 0.05) is 12.1 Å². The molecule has 2 heterocycles. The number of aromatic nitrogens is 3. The Bertz CT molecular complexity index is 450. The van der Waals surface area contributed by atoms with Crippen LogP contribution in [0, 0.1) is 0 Å². The summed E-state index contributed by atoms with van der Waals surface area (Å²) in [7, 11) is 0. The highest BCUT2D eigenvalue weighted by atomic mass is 16.5. The van der Waals surface area contributed by atoms with E-state index in [2.05, 4.69) is 10.1 Å². The molecule has 0 amide bonds. The van der Waals surface area contributed by atoms with Gasteiger partial charge in [0.25, 0.3) is 5.89 Å². The van der Waals surface area contributed by atoms with Crippen molar-refractivity contribution in [3.63, 3.8) is 0 Å². The van der Waals surface area contributed by atoms with Gasteiger partial charge in [-0.1, -0.05) is 5.16 Å². The Morgan fingerprint density at radius 3 is 2.73 bits per heavy atom. The highest BCUT2D eigenvalue weighted by molar-refractivity contribution is 5.64. The summed E-state index contributed by atoms with van der Waals surface area (Å²) in [5.74, 6) is -0.469. The molecular formula is C9H8N3O3+. The van der Waals surface area contributed by atoms with E-state index in [1.54, 1.807) is 29.1 Å². The zero-order valence-corrected chi connectivity index (χ0v) is 7.70. The highest BCUT2D eigenvalue weighted by Gasteiger charge is 2.09. The first-order chi connectivity index (χ1) is 7.25. The molecule has 6 heteroatoms. The minimum absolute atomic E-state index is 0.0654. The molecule has 0 bridgehead atoms. The second-order valence-corrected chi connectivity index (χ2v) is 2.90. The third-order valence-corrected chi connectivity index (χ3v) is 1.82. The Hall–Kier alpha value is -2.24. The van der Waals surface area contributed by atoms with Gasteiger partial charge in [-0.2, -0.15) is 9.55 Å². The van der Waals surface area contributed by atoms with E-state index in [9.17, 15) is 4.79 Å². The lowest BCUT2D eigenvalue weighted by Crippen LogP contribution is -2.36. The predicted molar refractivity (Wildman–Crippen MR) is 47.6 cm³/mol. The molecule has 6 nitrogen and oxygen atoms in total. The Morgan fingerprint density at radius 1 is 1.47 bits per heavy atom. The fourth-order valence-corrected chi connectivity index (χ4v) is 1.16. The van der Waals surface area contributed by atoms with Crippen LogP contribution in [0.25, 0.3) is 11.5 Å². The third kappa shape index (κ3) is 2.16. The molecule has 0 saturated heterocycles. The summed E-state index contributed by atoms with van der Waals surface area (Å²) in [6.45, 7) is -0.0654. The Morgan fingerprint density at radius 2 is 2.20 bits per heavy atom. The van der Waals surface area contributed by atoms with Crippen LogP contribution in [0.15, 0.2) is 35.4 Å². The second-order valence-electron chi connectivity index (χ2n) is 2.90. The lowest BCUT2D eigenvalue weighted by Gasteiger charge is -1.93. The third-order valence-electron chi connectivity index (χ3n) is 1.82. The van der Waals surface area contributed by atoms with E-state index in [1.807, 2.05) is 0 Å². The molecule has 0 aliphatic rings. The zero-order chi connectivity index (χ0) is 10.7. The van der Waals surface area contributed by atoms with E-state index in [0.29, 0.717) is 5.89 Å². The number of pyridine rings is 1.